The molecule has 0 radical (unpaired) electrons. The second-order valence-corrected chi connectivity index (χ2v) is 4.79. The highest BCUT2D eigenvalue weighted by molar-refractivity contribution is 5.41. The van der Waals surface area contributed by atoms with Crippen molar-refractivity contribution in [3.8, 4) is 11.6 Å². The summed E-state index contributed by atoms with van der Waals surface area (Å²) in [6.07, 6.45) is 2.21. The number of hydrogen-bond acceptors (Lipinski definition) is 4. The Hall–Kier alpha value is -2.17. The van der Waals surface area contributed by atoms with Gasteiger partial charge in [0, 0.05) is 18.5 Å². The number of ether oxygens (including phenoxy) is 1. The molecule has 1 fully saturated rings. The van der Waals surface area contributed by atoms with Crippen LogP contribution >= 0.6 is 0 Å². The summed E-state index contributed by atoms with van der Waals surface area (Å²) in [5.74, 6) is 2.06. The molecule has 1 N–H and O–H groups in total. The molecule has 0 aliphatic heterocycles. The van der Waals surface area contributed by atoms with E-state index in [-0.39, 0.29) is 5.75 Å². The first kappa shape index (κ1) is 12.8. The van der Waals surface area contributed by atoms with Gasteiger partial charge in [0.15, 0.2) is 11.6 Å². The lowest BCUT2D eigenvalue weighted by molar-refractivity contribution is 0.425. The SMILES string of the molecule is CCNc1cc(Oc2ccccc2F)nc(C2CC2)n1. The van der Waals surface area contributed by atoms with Crippen molar-refractivity contribution in [1.82, 2.24) is 9.97 Å². The van der Waals surface area contributed by atoms with Gasteiger partial charge in [-0.2, -0.15) is 4.98 Å². The number of para-hydroxylation sites is 1. The number of hydrogen-bond donors (Lipinski definition) is 1. The number of rotatable bonds is 5. The predicted octanol–water partition coefficient (Wildman–Crippen LogP) is 3.72. The summed E-state index contributed by atoms with van der Waals surface area (Å²) in [7, 11) is 0. The molecule has 0 unspecified atom stereocenters. The Kier molecular flexibility index (Phi) is 3.50. The highest BCUT2D eigenvalue weighted by atomic mass is 19.1. The quantitative estimate of drug-likeness (QED) is 0.902. The predicted molar refractivity (Wildman–Crippen MR) is 74.6 cm³/mol. The molecule has 1 aliphatic carbocycles. The lowest BCUT2D eigenvalue weighted by atomic mass is 10.3. The molecule has 4 nitrogen and oxygen atoms in total. The van der Waals surface area contributed by atoms with Crippen molar-refractivity contribution in [1.29, 1.82) is 0 Å². The van der Waals surface area contributed by atoms with Gasteiger partial charge >= 0.3 is 0 Å². The lowest BCUT2D eigenvalue weighted by Gasteiger charge is -2.10. The van der Waals surface area contributed by atoms with Gasteiger partial charge in [-0.05, 0) is 31.9 Å². The standard InChI is InChI=1S/C15H16FN3O/c1-2-17-13-9-14(19-15(18-13)10-7-8-10)20-12-6-4-3-5-11(12)16/h3-6,9-10H,2,7-8H2,1H3,(H,17,18,19). The summed E-state index contributed by atoms with van der Waals surface area (Å²) in [5, 5.41) is 3.15. The van der Waals surface area contributed by atoms with Crippen LogP contribution in [0.25, 0.3) is 0 Å². The zero-order chi connectivity index (χ0) is 13.9. The summed E-state index contributed by atoms with van der Waals surface area (Å²) in [4.78, 5) is 8.83. The van der Waals surface area contributed by atoms with Crippen molar-refractivity contribution in [2.75, 3.05) is 11.9 Å². The van der Waals surface area contributed by atoms with Gasteiger partial charge in [0.1, 0.15) is 11.6 Å². The van der Waals surface area contributed by atoms with Crippen LogP contribution in [0.15, 0.2) is 30.3 Å². The molecule has 0 saturated heterocycles. The van der Waals surface area contributed by atoms with Gasteiger partial charge in [-0.3, -0.25) is 0 Å². The fraction of sp³-hybridized carbons (Fsp3) is 0.333. The second-order valence-electron chi connectivity index (χ2n) is 4.79. The highest BCUT2D eigenvalue weighted by Gasteiger charge is 2.27. The van der Waals surface area contributed by atoms with E-state index in [1.807, 2.05) is 6.92 Å². The summed E-state index contributed by atoms with van der Waals surface area (Å²) >= 11 is 0. The Morgan fingerprint density at radius 3 is 2.80 bits per heavy atom. The average Bonchev–Trinajstić information content (AvgIpc) is 3.26. The maximum Gasteiger partial charge on any atom is 0.224 e. The van der Waals surface area contributed by atoms with Crippen LogP contribution in [0.5, 0.6) is 11.6 Å². The molecule has 1 saturated carbocycles. The molecule has 0 atom stereocenters. The molecule has 2 aromatic rings. The van der Waals surface area contributed by atoms with Crippen molar-refractivity contribution < 1.29 is 9.13 Å². The first-order valence-corrected chi connectivity index (χ1v) is 6.81. The van der Waals surface area contributed by atoms with E-state index in [0.29, 0.717) is 11.8 Å². The van der Waals surface area contributed by atoms with E-state index in [4.69, 9.17) is 4.74 Å². The molecule has 104 valence electrons. The number of nitrogens with one attached hydrogen (secondary N) is 1. The van der Waals surface area contributed by atoms with E-state index in [1.54, 1.807) is 24.3 Å². The molecular weight excluding hydrogens is 257 g/mol. The molecular formula is C15H16FN3O. The minimum atomic E-state index is -0.399. The van der Waals surface area contributed by atoms with E-state index >= 15 is 0 Å². The monoisotopic (exact) mass is 273 g/mol. The largest absolute Gasteiger partial charge is 0.436 e. The smallest absolute Gasteiger partial charge is 0.224 e. The molecule has 3 rings (SSSR count). The zero-order valence-electron chi connectivity index (χ0n) is 11.3. The molecule has 1 heterocycles. The Balaban J connectivity index is 1.89. The van der Waals surface area contributed by atoms with Crippen LogP contribution in [0.2, 0.25) is 0 Å². The van der Waals surface area contributed by atoms with Crippen molar-refractivity contribution >= 4 is 5.82 Å². The first-order valence-electron chi connectivity index (χ1n) is 6.81. The fourth-order valence-electron chi connectivity index (χ4n) is 1.93. The highest BCUT2D eigenvalue weighted by Crippen LogP contribution is 2.39. The third kappa shape index (κ3) is 2.87. The third-order valence-corrected chi connectivity index (χ3v) is 3.07. The molecule has 1 aliphatic rings. The number of benzene rings is 1. The van der Waals surface area contributed by atoms with Crippen LogP contribution in [0.3, 0.4) is 0 Å². The maximum atomic E-state index is 13.6. The lowest BCUT2D eigenvalue weighted by Crippen LogP contribution is -2.04. The molecule has 5 heteroatoms. The topological polar surface area (TPSA) is 47.0 Å². The number of nitrogens with zero attached hydrogens (tertiary/aromatic N) is 2. The van der Waals surface area contributed by atoms with Crippen LogP contribution in [-0.4, -0.2) is 16.5 Å². The number of anilines is 1. The zero-order valence-corrected chi connectivity index (χ0v) is 11.3. The fourth-order valence-corrected chi connectivity index (χ4v) is 1.93. The summed E-state index contributed by atoms with van der Waals surface area (Å²) in [6.45, 7) is 2.76. The number of halogens is 1. The third-order valence-electron chi connectivity index (χ3n) is 3.07. The Morgan fingerprint density at radius 1 is 1.30 bits per heavy atom. The second kappa shape index (κ2) is 5.45. The van der Waals surface area contributed by atoms with Gasteiger partial charge in [0.2, 0.25) is 5.88 Å². The van der Waals surface area contributed by atoms with E-state index in [0.717, 1.165) is 31.0 Å². The molecule has 20 heavy (non-hydrogen) atoms. The minimum absolute atomic E-state index is 0.176. The Labute approximate surface area is 117 Å². The summed E-state index contributed by atoms with van der Waals surface area (Å²) < 4.78 is 19.2. The van der Waals surface area contributed by atoms with E-state index in [1.165, 1.54) is 6.07 Å². The van der Waals surface area contributed by atoms with Crippen LogP contribution in [-0.2, 0) is 0 Å². The van der Waals surface area contributed by atoms with Gasteiger partial charge in [0.05, 0.1) is 0 Å². The Morgan fingerprint density at radius 2 is 2.10 bits per heavy atom. The van der Waals surface area contributed by atoms with Crippen LogP contribution in [0.4, 0.5) is 10.2 Å². The van der Waals surface area contributed by atoms with Crippen molar-refractivity contribution in [3.63, 3.8) is 0 Å². The van der Waals surface area contributed by atoms with E-state index < -0.39 is 5.82 Å². The molecule has 1 aromatic carbocycles. The number of aromatic nitrogens is 2. The van der Waals surface area contributed by atoms with Crippen molar-refractivity contribution in [3.05, 3.63) is 42.0 Å². The Bertz CT molecular complexity index is 614. The van der Waals surface area contributed by atoms with E-state index in [2.05, 4.69) is 15.3 Å². The summed E-state index contributed by atoms with van der Waals surface area (Å²) in [6, 6.07) is 8.00. The molecule has 0 bridgehead atoms. The van der Waals surface area contributed by atoms with Crippen LogP contribution in [0, 0.1) is 5.82 Å². The van der Waals surface area contributed by atoms with Gasteiger partial charge in [-0.15, -0.1) is 0 Å². The van der Waals surface area contributed by atoms with Gasteiger partial charge < -0.3 is 10.1 Å². The summed E-state index contributed by atoms with van der Waals surface area (Å²) in [5.41, 5.74) is 0. The first-order chi connectivity index (χ1) is 9.76. The van der Waals surface area contributed by atoms with Gasteiger partial charge in [0.25, 0.3) is 0 Å². The molecule has 0 amide bonds. The minimum Gasteiger partial charge on any atom is -0.436 e. The van der Waals surface area contributed by atoms with Gasteiger partial charge in [-0.1, -0.05) is 12.1 Å². The van der Waals surface area contributed by atoms with Crippen LogP contribution in [0.1, 0.15) is 31.5 Å². The van der Waals surface area contributed by atoms with Gasteiger partial charge in [-0.25, -0.2) is 9.37 Å². The molecule has 0 spiro atoms. The van der Waals surface area contributed by atoms with Crippen molar-refractivity contribution in [2.45, 2.75) is 25.7 Å². The van der Waals surface area contributed by atoms with Crippen LogP contribution < -0.4 is 10.1 Å². The maximum absolute atomic E-state index is 13.6. The van der Waals surface area contributed by atoms with Crippen molar-refractivity contribution in [2.24, 2.45) is 0 Å². The molecule has 1 aromatic heterocycles. The van der Waals surface area contributed by atoms with E-state index in [9.17, 15) is 4.39 Å². The normalized spacial score (nSPS) is 14.1. The average molecular weight is 273 g/mol.